The Hall–Kier alpha value is -2.60. The zero-order chi connectivity index (χ0) is 19.3. The number of hydrogen-bond acceptors (Lipinski definition) is 4. The first-order valence-electron chi connectivity index (χ1n) is 9.68. The van der Waals surface area contributed by atoms with Crippen molar-refractivity contribution in [2.24, 2.45) is 0 Å². The average molecular weight is 399 g/mol. The number of halogens is 1. The lowest BCUT2D eigenvalue weighted by atomic mass is 9.84. The van der Waals surface area contributed by atoms with Crippen LogP contribution in [0.25, 0.3) is 5.65 Å². The van der Waals surface area contributed by atoms with E-state index in [0.29, 0.717) is 23.3 Å². The molecule has 1 aromatic carbocycles. The van der Waals surface area contributed by atoms with Gasteiger partial charge in [-0.2, -0.15) is 0 Å². The van der Waals surface area contributed by atoms with Crippen molar-refractivity contribution in [3.63, 3.8) is 0 Å². The highest BCUT2D eigenvalue weighted by atomic mass is 35.5. The summed E-state index contributed by atoms with van der Waals surface area (Å²) >= 11 is 6.20. The quantitative estimate of drug-likeness (QED) is 0.678. The highest BCUT2D eigenvalue weighted by molar-refractivity contribution is 6.30. The lowest BCUT2D eigenvalue weighted by molar-refractivity contribution is -0.123. The lowest BCUT2D eigenvalue weighted by Gasteiger charge is -2.24. The van der Waals surface area contributed by atoms with Crippen molar-refractivity contribution in [2.75, 3.05) is 6.61 Å². The first-order chi connectivity index (χ1) is 13.7. The molecule has 1 aliphatic rings. The van der Waals surface area contributed by atoms with E-state index in [1.165, 1.54) is 19.3 Å². The molecule has 0 radical (unpaired) electrons. The van der Waals surface area contributed by atoms with Crippen LogP contribution in [-0.2, 0) is 11.3 Å². The van der Waals surface area contributed by atoms with Gasteiger partial charge < -0.3 is 10.1 Å². The maximum Gasteiger partial charge on any atom is 0.258 e. The summed E-state index contributed by atoms with van der Waals surface area (Å²) in [6.45, 7) is 0.252. The van der Waals surface area contributed by atoms with Gasteiger partial charge in [0.15, 0.2) is 18.1 Å². The predicted octanol–water partition coefficient (Wildman–Crippen LogP) is 4.13. The Bertz CT molecular complexity index is 966. The van der Waals surface area contributed by atoms with Crippen LogP contribution in [0.15, 0.2) is 42.6 Å². The molecule has 0 bridgehead atoms. The normalized spacial score (nSPS) is 14.9. The summed E-state index contributed by atoms with van der Waals surface area (Å²) in [5, 5.41) is 11.7. The van der Waals surface area contributed by atoms with E-state index in [1.54, 1.807) is 0 Å². The molecule has 28 heavy (non-hydrogen) atoms. The molecule has 0 saturated heterocycles. The monoisotopic (exact) mass is 398 g/mol. The van der Waals surface area contributed by atoms with Gasteiger partial charge in [-0.25, -0.2) is 0 Å². The summed E-state index contributed by atoms with van der Waals surface area (Å²) in [4.78, 5) is 12.3. The molecular formula is C21H23ClN4O2. The number of carbonyl (C=O) groups is 1. The van der Waals surface area contributed by atoms with E-state index in [1.807, 2.05) is 47.0 Å². The van der Waals surface area contributed by atoms with E-state index in [-0.39, 0.29) is 12.5 Å². The SMILES string of the molecule is O=C(COc1ccc(Cl)cc1C1CCCCC1)NCc1nnc2ccccn12. The summed E-state index contributed by atoms with van der Waals surface area (Å²) < 4.78 is 7.70. The number of pyridine rings is 1. The van der Waals surface area contributed by atoms with Gasteiger partial charge in [-0.05, 0) is 54.7 Å². The Balaban J connectivity index is 1.37. The van der Waals surface area contributed by atoms with Gasteiger partial charge in [-0.1, -0.05) is 36.9 Å². The number of hydrogen-bond donors (Lipinski definition) is 1. The number of benzene rings is 1. The molecule has 0 aliphatic heterocycles. The molecule has 2 aromatic heterocycles. The molecule has 0 spiro atoms. The van der Waals surface area contributed by atoms with Gasteiger partial charge in [-0.3, -0.25) is 9.20 Å². The summed E-state index contributed by atoms with van der Waals surface area (Å²) in [5.74, 6) is 1.68. The highest BCUT2D eigenvalue weighted by Crippen LogP contribution is 2.38. The van der Waals surface area contributed by atoms with Gasteiger partial charge in [-0.15, -0.1) is 10.2 Å². The number of nitrogens with one attached hydrogen (secondary N) is 1. The summed E-state index contributed by atoms with van der Waals surface area (Å²) in [7, 11) is 0. The fourth-order valence-corrected chi connectivity index (χ4v) is 3.95. The third kappa shape index (κ3) is 4.28. The molecule has 2 heterocycles. The van der Waals surface area contributed by atoms with Crippen LogP contribution in [0.3, 0.4) is 0 Å². The maximum atomic E-state index is 12.3. The van der Waals surface area contributed by atoms with Crippen molar-refractivity contribution >= 4 is 23.2 Å². The Morgan fingerprint density at radius 2 is 2.04 bits per heavy atom. The molecule has 3 aromatic rings. The molecule has 4 rings (SSSR count). The molecule has 1 N–H and O–H groups in total. The molecule has 1 aliphatic carbocycles. The second-order valence-electron chi connectivity index (χ2n) is 7.13. The Morgan fingerprint density at radius 3 is 2.89 bits per heavy atom. The van der Waals surface area contributed by atoms with E-state index in [9.17, 15) is 4.79 Å². The zero-order valence-corrected chi connectivity index (χ0v) is 16.4. The number of rotatable bonds is 6. The fraction of sp³-hybridized carbons (Fsp3) is 0.381. The Morgan fingerprint density at radius 1 is 1.18 bits per heavy atom. The molecule has 146 valence electrons. The molecular weight excluding hydrogens is 376 g/mol. The summed E-state index contributed by atoms with van der Waals surface area (Å²) in [5.41, 5.74) is 1.87. The van der Waals surface area contributed by atoms with Crippen LogP contribution in [-0.4, -0.2) is 27.1 Å². The Kier molecular flexibility index (Phi) is 5.76. The first kappa shape index (κ1) is 18.7. The second kappa shape index (κ2) is 8.61. The third-order valence-electron chi connectivity index (χ3n) is 5.20. The highest BCUT2D eigenvalue weighted by Gasteiger charge is 2.20. The lowest BCUT2D eigenvalue weighted by Crippen LogP contribution is -2.29. The number of aromatic nitrogens is 3. The van der Waals surface area contributed by atoms with E-state index in [2.05, 4.69) is 15.5 Å². The van der Waals surface area contributed by atoms with Crippen LogP contribution in [0.2, 0.25) is 5.02 Å². The van der Waals surface area contributed by atoms with Crippen LogP contribution < -0.4 is 10.1 Å². The zero-order valence-electron chi connectivity index (χ0n) is 15.6. The van der Waals surface area contributed by atoms with Gasteiger partial charge in [0, 0.05) is 11.2 Å². The maximum absolute atomic E-state index is 12.3. The van der Waals surface area contributed by atoms with Crippen molar-refractivity contribution in [3.05, 3.63) is 59.0 Å². The number of fused-ring (bicyclic) bond motifs is 1. The van der Waals surface area contributed by atoms with Gasteiger partial charge in [0.05, 0.1) is 6.54 Å². The first-order valence-corrected chi connectivity index (χ1v) is 10.1. The molecule has 1 fully saturated rings. The van der Waals surface area contributed by atoms with E-state index >= 15 is 0 Å². The van der Waals surface area contributed by atoms with Crippen LogP contribution >= 0.6 is 11.6 Å². The van der Waals surface area contributed by atoms with Crippen molar-refractivity contribution in [1.29, 1.82) is 0 Å². The second-order valence-corrected chi connectivity index (χ2v) is 7.56. The third-order valence-corrected chi connectivity index (χ3v) is 5.44. The van der Waals surface area contributed by atoms with Crippen molar-refractivity contribution < 1.29 is 9.53 Å². The van der Waals surface area contributed by atoms with Gasteiger partial charge in [0.2, 0.25) is 0 Å². The minimum atomic E-state index is -0.197. The molecule has 0 atom stereocenters. The van der Waals surface area contributed by atoms with Crippen LogP contribution in [0, 0.1) is 0 Å². The van der Waals surface area contributed by atoms with E-state index in [4.69, 9.17) is 16.3 Å². The predicted molar refractivity (Wildman–Crippen MR) is 108 cm³/mol. The fourth-order valence-electron chi connectivity index (χ4n) is 3.77. The summed E-state index contributed by atoms with van der Waals surface area (Å²) in [6.07, 6.45) is 7.89. The minimum Gasteiger partial charge on any atom is -0.483 e. The van der Waals surface area contributed by atoms with Crippen molar-refractivity contribution in [2.45, 2.75) is 44.6 Å². The topological polar surface area (TPSA) is 68.5 Å². The van der Waals surface area contributed by atoms with Gasteiger partial charge in [0.25, 0.3) is 5.91 Å². The van der Waals surface area contributed by atoms with Gasteiger partial charge >= 0.3 is 0 Å². The number of carbonyl (C=O) groups excluding carboxylic acids is 1. The average Bonchev–Trinajstić information content (AvgIpc) is 3.15. The molecule has 7 heteroatoms. The summed E-state index contributed by atoms with van der Waals surface area (Å²) in [6, 6.07) is 11.3. The van der Waals surface area contributed by atoms with E-state index in [0.717, 1.165) is 29.8 Å². The standard InChI is InChI=1S/C21H23ClN4O2/c22-16-9-10-18(17(12-16)15-6-2-1-3-7-15)28-14-21(27)23-13-20-25-24-19-8-4-5-11-26(19)20/h4-5,8-12,15H,1-3,6-7,13-14H2,(H,23,27). The molecule has 6 nitrogen and oxygen atoms in total. The number of amides is 1. The Labute approximate surface area is 168 Å². The van der Waals surface area contributed by atoms with Gasteiger partial charge in [0.1, 0.15) is 5.75 Å². The number of nitrogens with zero attached hydrogens (tertiary/aromatic N) is 3. The minimum absolute atomic E-state index is 0.0436. The smallest absolute Gasteiger partial charge is 0.258 e. The van der Waals surface area contributed by atoms with E-state index < -0.39 is 0 Å². The molecule has 0 unspecified atom stereocenters. The molecule has 1 saturated carbocycles. The van der Waals surface area contributed by atoms with Crippen molar-refractivity contribution in [3.8, 4) is 5.75 Å². The van der Waals surface area contributed by atoms with Crippen LogP contribution in [0.5, 0.6) is 5.75 Å². The van der Waals surface area contributed by atoms with Crippen molar-refractivity contribution in [1.82, 2.24) is 19.9 Å². The van der Waals surface area contributed by atoms with Crippen LogP contribution in [0.4, 0.5) is 0 Å². The number of ether oxygens (including phenoxy) is 1. The van der Waals surface area contributed by atoms with Crippen LogP contribution in [0.1, 0.15) is 49.4 Å². The molecule has 1 amide bonds. The largest absolute Gasteiger partial charge is 0.483 e.